The summed E-state index contributed by atoms with van der Waals surface area (Å²) in [5, 5.41) is 14.1. The number of pyridine rings is 1. The Balaban J connectivity index is 1.87. The summed E-state index contributed by atoms with van der Waals surface area (Å²) in [5.41, 5.74) is 2.72. The lowest BCUT2D eigenvalue weighted by atomic mass is 9.96. The van der Waals surface area contributed by atoms with Crippen molar-refractivity contribution in [3.63, 3.8) is 0 Å². The van der Waals surface area contributed by atoms with E-state index in [0.29, 0.717) is 12.0 Å². The molecule has 1 aromatic carbocycles. The molecule has 0 unspecified atom stereocenters. The molecule has 0 fully saturated rings. The Morgan fingerprint density at radius 1 is 1.14 bits per heavy atom. The molecule has 3 rings (SSSR count). The maximum Gasteiger partial charge on any atom is 0.336 e. The molecule has 0 amide bonds. The molecular weight excluding hydrogens is 364 g/mol. The van der Waals surface area contributed by atoms with Crippen LogP contribution in [0.2, 0.25) is 0 Å². The number of carbonyl (C=O) groups is 1. The highest BCUT2D eigenvalue weighted by Crippen LogP contribution is 2.24. The second kappa shape index (κ2) is 8.55. The number of carboxylic acid groups (broad SMARTS) is 1. The van der Waals surface area contributed by atoms with E-state index < -0.39 is 5.97 Å². The number of rotatable bonds is 7. The minimum Gasteiger partial charge on any atom is -0.478 e. The Morgan fingerprint density at radius 3 is 2.48 bits per heavy atom. The van der Waals surface area contributed by atoms with Gasteiger partial charge in [0, 0.05) is 36.3 Å². The second-order valence-electron chi connectivity index (χ2n) is 8.28. The van der Waals surface area contributed by atoms with Gasteiger partial charge in [0.05, 0.1) is 5.56 Å². The largest absolute Gasteiger partial charge is 0.478 e. The first-order valence-electron chi connectivity index (χ1n) is 10.0. The zero-order valence-electron chi connectivity index (χ0n) is 17.5. The molecule has 2 aromatic heterocycles. The third kappa shape index (κ3) is 4.88. The lowest BCUT2D eigenvalue weighted by molar-refractivity contribution is 0.0697. The van der Waals surface area contributed by atoms with Gasteiger partial charge >= 0.3 is 5.97 Å². The van der Waals surface area contributed by atoms with Gasteiger partial charge < -0.3 is 5.11 Å². The van der Waals surface area contributed by atoms with Crippen molar-refractivity contribution >= 4 is 5.97 Å². The summed E-state index contributed by atoms with van der Waals surface area (Å²) in [4.78, 5) is 20.4. The third-order valence-electron chi connectivity index (χ3n) is 4.82. The lowest BCUT2D eigenvalue weighted by Crippen LogP contribution is -2.14. The number of benzene rings is 1. The van der Waals surface area contributed by atoms with E-state index in [4.69, 9.17) is 10.1 Å². The molecule has 152 valence electrons. The Hall–Kier alpha value is -3.02. The molecule has 3 aromatic rings. The molecule has 6 nitrogen and oxygen atoms in total. The number of nitrogens with zero attached hydrogens (tertiary/aromatic N) is 4. The average Bonchev–Trinajstić information content (AvgIpc) is 3.10. The number of aromatic nitrogens is 4. The molecular formula is C23H28N4O2. The third-order valence-corrected chi connectivity index (χ3v) is 4.82. The molecule has 0 bridgehead atoms. The van der Waals surface area contributed by atoms with Crippen molar-refractivity contribution in [3.8, 4) is 11.1 Å². The van der Waals surface area contributed by atoms with Crippen molar-refractivity contribution in [1.29, 1.82) is 0 Å². The first kappa shape index (κ1) is 20.7. The molecule has 29 heavy (non-hydrogen) atoms. The minimum absolute atomic E-state index is 0.0936. The van der Waals surface area contributed by atoms with E-state index >= 15 is 0 Å². The normalized spacial score (nSPS) is 11.6. The maximum atomic E-state index is 11.5. The van der Waals surface area contributed by atoms with E-state index in [-0.39, 0.29) is 11.0 Å². The van der Waals surface area contributed by atoms with E-state index in [0.717, 1.165) is 42.2 Å². The second-order valence-corrected chi connectivity index (χ2v) is 8.28. The van der Waals surface area contributed by atoms with E-state index in [2.05, 4.69) is 32.7 Å². The van der Waals surface area contributed by atoms with Crippen LogP contribution >= 0.6 is 0 Å². The van der Waals surface area contributed by atoms with Crippen molar-refractivity contribution < 1.29 is 9.90 Å². The van der Waals surface area contributed by atoms with Crippen LogP contribution in [0.5, 0.6) is 0 Å². The van der Waals surface area contributed by atoms with Gasteiger partial charge in [-0.2, -0.15) is 5.10 Å². The Bertz CT molecular complexity index is 985. The summed E-state index contributed by atoms with van der Waals surface area (Å²) in [6.45, 7) is 9.41. The zero-order valence-corrected chi connectivity index (χ0v) is 17.5. The summed E-state index contributed by atoms with van der Waals surface area (Å²) in [5.74, 6) is 0.871. The zero-order chi connectivity index (χ0) is 21.0. The predicted octanol–water partition coefficient (Wildman–Crippen LogP) is 4.73. The van der Waals surface area contributed by atoms with Gasteiger partial charge in [0.15, 0.2) is 5.82 Å². The molecule has 0 saturated carbocycles. The molecule has 0 saturated heterocycles. The van der Waals surface area contributed by atoms with Crippen molar-refractivity contribution in [2.24, 2.45) is 0 Å². The molecule has 0 radical (unpaired) electrons. The summed E-state index contributed by atoms with van der Waals surface area (Å²) in [6.07, 6.45) is 5.95. The topological polar surface area (TPSA) is 80.9 Å². The Kier molecular flexibility index (Phi) is 6.11. The number of aryl methyl sites for hydroxylation is 1. The molecule has 1 N–H and O–H groups in total. The molecule has 6 heteroatoms. The summed E-state index contributed by atoms with van der Waals surface area (Å²) in [7, 11) is 0. The van der Waals surface area contributed by atoms with Crippen LogP contribution < -0.4 is 0 Å². The van der Waals surface area contributed by atoms with Gasteiger partial charge in [0.25, 0.3) is 0 Å². The van der Waals surface area contributed by atoms with Gasteiger partial charge in [-0.3, -0.25) is 4.98 Å². The standard InChI is InChI=1S/C23H28N4O2/c1-5-6-13-27-20(25-22(26-27)23(2,3)4)14-16-7-9-17(10-8-16)19-15-24-12-11-18(19)21(28)29/h7-12,15H,5-6,13-14H2,1-4H3,(H,28,29). The van der Waals surface area contributed by atoms with Crippen LogP contribution in [-0.2, 0) is 18.4 Å². The fraction of sp³-hybridized carbons (Fsp3) is 0.391. The van der Waals surface area contributed by atoms with Gasteiger partial charge in [-0.15, -0.1) is 0 Å². The van der Waals surface area contributed by atoms with Crippen molar-refractivity contribution in [2.75, 3.05) is 0 Å². The van der Waals surface area contributed by atoms with Gasteiger partial charge in [-0.1, -0.05) is 58.4 Å². The van der Waals surface area contributed by atoms with E-state index in [1.54, 1.807) is 6.20 Å². The van der Waals surface area contributed by atoms with Gasteiger partial charge in [0.1, 0.15) is 5.82 Å². The first-order valence-corrected chi connectivity index (χ1v) is 10.0. The van der Waals surface area contributed by atoms with E-state index in [1.165, 1.54) is 12.3 Å². The molecule has 2 heterocycles. The molecule has 0 aliphatic carbocycles. The molecule has 0 aliphatic rings. The predicted molar refractivity (Wildman–Crippen MR) is 113 cm³/mol. The van der Waals surface area contributed by atoms with Crippen molar-refractivity contribution in [1.82, 2.24) is 19.7 Å². The van der Waals surface area contributed by atoms with E-state index in [9.17, 15) is 9.90 Å². The van der Waals surface area contributed by atoms with E-state index in [1.807, 2.05) is 28.9 Å². The smallest absolute Gasteiger partial charge is 0.336 e. The minimum atomic E-state index is -0.954. The van der Waals surface area contributed by atoms with Crippen LogP contribution in [0, 0.1) is 0 Å². The molecule has 0 aliphatic heterocycles. The molecule has 0 atom stereocenters. The fourth-order valence-corrected chi connectivity index (χ4v) is 3.11. The average molecular weight is 393 g/mol. The summed E-state index contributed by atoms with van der Waals surface area (Å²) < 4.78 is 2.03. The number of unbranched alkanes of at least 4 members (excludes halogenated alkanes) is 1. The van der Waals surface area contributed by atoms with Gasteiger partial charge in [-0.25, -0.2) is 14.5 Å². The Morgan fingerprint density at radius 2 is 1.86 bits per heavy atom. The highest BCUT2D eigenvalue weighted by molar-refractivity contribution is 5.95. The van der Waals surface area contributed by atoms with Crippen LogP contribution in [0.25, 0.3) is 11.1 Å². The van der Waals surface area contributed by atoms with Crippen molar-refractivity contribution in [3.05, 3.63) is 65.5 Å². The number of hydrogen-bond acceptors (Lipinski definition) is 4. The monoisotopic (exact) mass is 392 g/mol. The SMILES string of the molecule is CCCCn1nc(C(C)(C)C)nc1Cc1ccc(-c2cnccc2C(=O)O)cc1. The van der Waals surface area contributed by atoms with Gasteiger partial charge in [-0.05, 0) is 23.6 Å². The van der Waals surface area contributed by atoms with Crippen LogP contribution in [0.4, 0.5) is 0 Å². The maximum absolute atomic E-state index is 11.5. The highest BCUT2D eigenvalue weighted by Gasteiger charge is 2.22. The number of carboxylic acids is 1. The lowest BCUT2D eigenvalue weighted by Gasteiger charge is -2.12. The molecule has 0 spiro atoms. The van der Waals surface area contributed by atoms with Gasteiger partial charge in [0.2, 0.25) is 0 Å². The highest BCUT2D eigenvalue weighted by atomic mass is 16.4. The first-order chi connectivity index (χ1) is 13.8. The number of aromatic carboxylic acids is 1. The number of hydrogen-bond donors (Lipinski definition) is 1. The van der Waals surface area contributed by atoms with Crippen LogP contribution in [-0.4, -0.2) is 30.8 Å². The summed E-state index contributed by atoms with van der Waals surface area (Å²) in [6, 6.07) is 9.44. The van der Waals surface area contributed by atoms with Crippen LogP contribution in [0.1, 0.15) is 68.1 Å². The summed E-state index contributed by atoms with van der Waals surface area (Å²) >= 11 is 0. The fourth-order valence-electron chi connectivity index (χ4n) is 3.11. The van der Waals surface area contributed by atoms with Crippen molar-refractivity contribution in [2.45, 2.75) is 58.9 Å². The quantitative estimate of drug-likeness (QED) is 0.629. The van der Waals surface area contributed by atoms with Crippen LogP contribution in [0.15, 0.2) is 42.7 Å². The van der Waals surface area contributed by atoms with Crippen LogP contribution in [0.3, 0.4) is 0 Å². The Labute approximate surface area is 171 Å².